The summed E-state index contributed by atoms with van der Waals surface area (Å²) >= 11 is 5.25. The molecule has 0 atom stereocenters. The second-order valence-electron chi connectivity index (χ2n) is 5.24. The van der Waals surface area contributed by atoms with Crippen LogP contribution in [0, 0.1) is 16.0 Å². The average Bonchev–Trinajstić information content (AvgIpc) is 2.42. The van der Waals surface area contributed by atoms with Gasteiger partial charge in [-0.1, -0.05) is 20.8 Å². The first-order valence-corrected chi connectivity index (χ1v) is 5.66. The fraction of sp³-hybridized carbons (Fsp3) is 0.417. The minimum Gasteiger partial charge on any atom is -0.331 e. The number of H-pyrrole nitrogens is 1. The average molecular weight is 238 g/mol. The lowest BCUT2D eigenvalue weighted by molar-refractivity contribution is 0.346. The van der Waals surface area contributed by atoms with E-state index in [1.807, 2.05) is 4.57 Å². The molecule has 0 aliphatic carbocycles. The molecule has 16 heavy (non-hydrogen) atoms. The number of rotatable bonds is 1. The number of fused-ring (bicyclic) bond motifs is 1. The smallest absolute Gasteiger partial charge is 0.178 e. The molecule has 1 aromatic heterocycles. The van der Waals surface area contributed by atoms with Crippen LogP contribution in [0.2, 0.25) is 0 Å². The molecule has 0 saturated carbocycles. The van der Waals surface area contributed by atoms with Crippen LogP contribution in [0.25, 0.3) is 11.0 Å². The highest BCUT2D eigenvalue weighted by molar-refractivity contribution is 7.71. The van der Waals surface area contributed by atoms with Crippen molar-refractivity contribution in [2.75, 3.05) is 0 Å². The van der Waals surface area contributed by atoms with Crippen LogP contribution >= 0.6 is 12.2 Å². The van der Waals surface area contributed by atoms with Crippen LogP contribution in [0.5, 0.6) is 0 Å². The molecule has 0 radical (unpaired) electrons. The number of nitrogens with zero attached hydrogens (tertiary/aromatic N) is 1. The van der Waals surface area contributed by atoms with E-state index < -0.39 is 0 Å². The van der Waals surface area contributed by atoms with Crippen molar-refractivity contribution in [1.29, 1.82) is 0 Å². The van der Waals surface area contributed by atoms with Crippen LogP contribution in [0.4, 0.5) is 4.39 Å². The van der Waals surface area contributed by atoms with Gasteiger partial charge in [-0.15, -0.1) is 0 Å². The number of halogens is 1. The van der Waals surface area contributed by atoms with Gasteiger partial charge in [-0.2, -0.15) is 0 Å². The van der Waals surface area contributed by atoms with E-state index in [0.29, 0.717) is 4.77 Å². The molecule has 86 valence electrons. The second-order valence-corrected chi connectivity index (χ2v) is 5.63. The normalized spacial score (nSPS) is 12.2. The molecule has 1 aromatic carbocycles. The molecular formula is C12H15FN2S. The van der Waals surface area contributed by atoms with E-state index in [9.17, 15) is 4.39 Å². The van der Waals surface area contributed by atoms with Gasteiger partial charge in [0.15, 0.2) is 4.77 Å². The van der Waals surface area contributed by atoms with Crippen molar-refractivity contribution >= 4 is 23.3 Å². The summed E-state index contributed by atoms with van der Waals surface area (Å²) in [4.78, 5) is 3.09. The Hall–Kier alpha value is -1.16. The van der Waals surface area contributed by atoms with Crippen molar-refractivity contribution in [1.82, 2.24) is 9.55 Å². The Morgan fingerprint density at radius 3 is 2.69 bits per heavy atom. The fourth-order valence-electron chi connectivity index (χ4n) is 1.76. The van der Waals surface area contributed by atoms with Crippen LogP contribution < -0.4 is 0 Å². The maximum absolute atomic E-state index is 13.2. The van der Waals surface area contributed by atoms with E-state index in [1.165, 1.54) is 12.1 Å². The van der Waals surface area contributed by atoms with Gasteiger partial charge >= 0.3 is 0 Å². The molecule has 0 fully saturated rings. The molecule has 0 spiro atoms. The summed E-state index contributed by atoms with van der Waals surface area (Å²) in [5.41, 5.74) is 1.83. The van der Waals surface area contributed by atoms with E-state index in [-0.39, 0.29) is 11.2 Å². The maximum atomic E-state index is 13.2. The number of nitrogens with one attached hydrogen (secondary N) is 1. The Morgan fingerprint density at radius 1 is 1.38 bits per heavy atom. The summed E-state index contributed by atoms with van der Waals surface area (Å²) in [5, 5.41) is 0. The molecular weight excluding hydrogens is 223 g/mol. The summed E-state index contributed by atoms with van der Waals surface area (Å²) in [6.45, 7) is 7.17. The SMILES string of the molecule is CC(C)(C)Cn1c(=S)[nH]c2ccc(F)cc21. The zero-order valence-electron chi connectivity index (χ0n) is 9.67. The predicted octanol–water partition coefficient (Wildman–Crippen LogP) is 3.88. The molecule has 0 aliphatic heterocycles. The van der Waals surface area contributed by atoms with Gasteiger partial charge < -0.3 is 9.55 Å². The highest BCUT2D eigenvalue weighted by Gasteiger charge is 2.14. The lowest BCUT2D eigenvalue weighted by atomic mass is 9.97. The molecule has 2 rings (SSSR count). The third-order valence-corrected chi connectivity index (χ3v) is 2.69. The molecule has 2 aromatic rings. The molecule has 0 amide bonds. The van der Waals surface area contributed by atoms with Crippen molar-refractivity contribution in [2.24, 2.45) is 5.41 Å². The molecule has 0 bridgehead atoms. The first-order chi connectivity index (χ1) is 7.37. The van der Waals surface area contributed by atoms with Gasteiger partial charge in [-0.05, 0) is 35.8 Å². The van der Waals surface area contributed by atoms with Gasteiger partial charge in [0.05, 0.1) is 11.0 Å². The fourth-order valence-corrected chi connectivity index (χ4v) is 2.03. The molecule has 0 aliphatic rings. The van der Waals surface area contributed by atoms with Crippen molar-refractivity contribution < 1.29 is 4.39 Å². The third kappa shape index (κ3) is 2.16. The van der Waals surface area contributed by atoms with Crippen LogP contribution in [-0.4, -0.2) is 9.55 Å². The largest absolute Gasteiger partial charge is 0.331 e. The van der Waals surface area contributed by atoms with Crippen molar-refractivity contribution in [3.63, 3.8) is 0 Å². The van der Waals surface area contributed by atoms with Crippen LogP contribution in [0.15, 0.2) is 18.2 Å². The number of imidazole rings is 1. The highest BCUT2D eigenvalue weighted by atomic mass is 32.1. The number of aromatic amines is 1. The first-order valence-electron chi connectivity index (χ1n) is 5.25. The maximum Gasteiger partial charge on any atom is 0.178 e. The lowest BCUT2D eigenvalue weighted by Crippen LogP contribution is -2.15. The number of aromatic nitrogens is 2. The van der Waals surface area contributed by atoms with Crippen LogP contribution in [0.1, 0.15) is 20.8 Å². The number of hydrogen-bond donors (Lipinski definition) is 1. The summed E-state index contributed by atoms with van der Waals surface area (Å²) in [5.74, 6) is -0.232. The van der Waals surface area contributed by atoms with Gasteiger partial charge in [-0.3, -0.25) is 0 Å². The molecule has 4 heteroatoms. The van der Waals surface area contributed by atoms with E-state index in [0.717, 1.165) is 17.6 Å². The Balaban J connectivity index is 2.63. The number of benzene rings is 1. The summed E-state index contributed by atoms with van der Waals surface area (Å²) < 4.78 is 15.8. The molecule has 0 unspecified atom stereocenters. The monoisotopic (exact) mass is 238 g/mol. The van der Waals surface area contributed by atoms with E-state index in [1.54, 1.807) is 6.07 Å². The van der Waals surface area contributed by atoms with Gasteiger partial charge in [-0.25, -0.2) is 4.39 Å². The van der Waals surface area contributed by atoms with Crippen molar-refractivity contribution in [3.8, 4) is 0 Å². The molecule has 1 heterocycles. The van der Waals surface area contributed by atoms with Crippen molar-refractivity contribution in [3.05, 3.63) is 28.8 Å². The Labute approximate surface area is 99.1 Å². The quantitative estimate of drug-likeness (QED) is 0.748. The first kappa shape index (κ1) is 11.3. The van der Waals surface area contributed by atoms with Gasteiger partial charge in [0, 0.05) is 6.54 Å². The summed E-state index contributed by atoms with van der Waals surface area (Å²) in [6.07, 6.45) is 0. The molecule has 0 saturated heterocycles. The van der Waals surface area contributed by atoms with Crippen molar-refractivity contribution in [2.45, 2.75) is 27.3 Å². The summed E-state index contributed by atoms with van der Waals surface area (Å²) in [6, 6.07) is 4.68. The Morgan fingerprint density at radius 2 is 2.06 bits per heavy atom. The van der Waals surface area contributed by atoms with Crippen LogP contribution in [0.3, 0.4) is 0 Å². The predicted molar refractivity (Wildman–Crippen MR) is 66.5 cm³/mol. The molecule has 1 N–H and O–H groups in total. The van der Waals surface area contributed by atoms with Gasteiger partial charge in [0.1, 0.15) is 5.82 Å². The zero-order valence-corrected chi connectivity index (χ0v) is 10.5. The van der Waals surface area contributed by atoms with Crippen LogP contribution in [-0.2, 0) is 6.54 Å². The third-order valence-electron chi connectivity index (χ3n) is 2.37. The standard InChI is InChI=1S/C12H15FN2S/c1-12(2,3)7-15-10-6-8(13)4-5-9(10)14-11(15)16/h4-6H,7H2,1-3H3,(H,14,16). The number of hydrogen-bond acceptors (Lipinski definition) is 1. The second kappa shape index (κ2) is 3.70. The topological polar surface area (TPSA) is 20.7 Å². The summed E-state index contributed by atoms with van der Waals surface area (Å²) in [7, 11) is 0. The Kier molecular flexibility index (Phi) is 2.62. The lowest BCUT2D eigenvalue weighted by Gasteiger charge is -2.19. The Bertz CT molecular complexity index is 575. The zero-order chi connectivity index (χ0) is 11.9. The minimum atomic E-state index is -0.232. The molecule has 2 nitrogen and oxygen atoms in total. The van der Waals surface area contributed by atoms with Gasteiger partial charge in [0.25, 0.3) is 0 Å². The minimum absolute atomic E-state index is 0.111. The van der Waals surface area contributed by atoms with E-state index in [4.69, 9.17) is 12.2 Å². The van der Waals surface area contributed by atoms with E-state index >= 15 is 0 Å². The van der Waals surface area contributed by atoms with Gasteiger partial charge in [0.2, 0.25) is 0 Å². The van der Waals surface area contributed by atoms with E-state index in [2.05, 4.69) is 25.8 Å². The highest BCUT2D eigenvalue weighted by Crippen LogP contribution is 2.22.